The number of rotatable bonds is 5. The minimum Gasteiger partial charge on any atom is -0.336 e. The number of likely N-dealkylation sites (N-methyl/N-ethyl adjacent to an activating group) is 1. The maximum Gasteiger partial charge on any atom is 0.243 e. The van der Waals surface area contributed by atoms with E-state index in [1.807, 2.05) is 67.6 Å². The normalized spacial score (nSPS) is 10.6. The SMILES string of the molecule is Cc1cc(Br)ccc1NC(=O)CN(C)C(=O)Cc1cccc2ccccc12. The number of hydrogen-bond acceptors (Lipinski definition) is 2. The van der Waals surface area contributed by atoms with E-state index in [4.69, 9.17) is 0 Å². The van der Waals surface area contributed by atoms with Crippen molar-refractivity contribution in [3.8, 4) is 0 Å². The second kappa shape index (κ2) is 8.35. The molecule has 27 heavy (non-hydrogen) atoms. The largest absolute Gasteiger partial charge is 0.336 e. The molecular weight excluding hydrogens is 404 g/mol. The topological polar surface area (TPSA) is 49.4 Å². The summed E-state index contributed by atoms with van der Waals surface area (Å²) in [6.45, 7) is 1.94. The van der Waals surface area contributed by atoms with E-state index in [-0.39, 0.29) is 24.8 Å². The van der Waals surface area contributed by atoms with Crippen molar-refractivity contribution in [1.82, 2.24) is 4.90 Å². The number of benzene rings is 3. The van der Waals surface area contributed by atoms with Crippen LogP contribution in [0.2, 0.25) is 0 Å². The Morgan fingerprint density at radius 3 is 2.56 bits per heavy atom. The van der Waals surface area contributed by atoms with Gasteiger partial charge in [-0.2, -0.15) is 0 Å². The number of carbonyl (C=O) groups is 2. The van der Waals surface area contributed by atoms with E-state index in [0.29, 0.717) is 0 Å². The first kappa shape index (κ1) is 19.1. The zero-order valence-electron chi connectivity index (χ0n) is 15.3. The Hall–Kier alpha value is -2.66. The van der Waals surface area contributed by atoms with E-state index in [0.717, 1.165) is 32.1 Å². The zero-order valence-corrected chi connectivity index (χ0v) is 16.9. The number of carbonyl (C=O) groups excluding carboxylic acids is 2. The van der Waals surface area contributed by atoms with Gasteiger partial charge in [-0.15, -0.1) is 0 Å². The van der Waals surface area contributed by atoms with Crippen molar-refractivity contribution in [2.24, 2.45) is 0 Å². The standard InChI is InChI=1S/C22H21BrN2O2/c1-15-12-18(23)10-11-20(15)24-21(26)14-25(2)22(27)13-17-8-5-7-16-6-3-4-9-19(16)17/h3-12H,13-14H2,1-2H3,(H,24,26). The summed E-state index contributed by atoms with van der Waals surface area (Å²) in [6, 6.07) is 19.6. The summed E-state index contributed by atoms with van der Waals surface area (Å²) in [4.78, 5) is 26.4. The Bertz CT molecular complexity index is 995. The summed E-state index contributed by atoms with van der Waals surface area (Å²) in [5, 5.41) is 5.03. The molecule has 0 aromatic heterocycles. The summed E-state index contributed by atoms with van der Waals surface area (Å²) in [6.07, 6.45) is 0.266. The van der Waals surface area contributed by atoms with E-state index >= 15 is 0 Å². The van der Waals surface area contributed by atoms with Crippen molar-refractivity contribution in [3.63, 3.8) is 0 Å². The maximum atomic E-state index is 12.6. The van der Waals surface area contributed by atoms with Gasteiger partial charge in [-0.1, -0.05) is 58.4 Å². The second-order valence-electron chi connectivity index (χ2n) is 6.57. The number of nitrogens with zero attached hydrogens (tertiary/aromatic N) is 1. The first-order chi connectivity index (χ1) is 12.9. The third-order valence-electron chi connectivity index (χ3n) is 4.49. The smallest absolute Gasteiger partial charge is 0.243 e. The van der Waals surface area contributed by atoms with Crippen molar-refractivity contribution in [3.05, 3.63) is 76.3 Å². The fourth-order valence-corrected chi connectivity index (χ4v) is 3.48. The first-order valence-corrected chi connectivity index (χ1v) is 9.50. The highest BCUT2D eigenvalue weighted by molar-refractivity contribution is 9.10. The predicted molar refractivity (Wildman–Crippen MR) is 113 cm³/mol. The molecule has 0 atom stereocenters. The fourth-order valence-electron chi connectivity index (χ4n) is 3.01. The molecule has 138 valence electrons. The van der Waals surface area contributed by atoms with Crippen LogP contribution in [0.25, 0.3) is 10.8 Å². The predicted octanol–water partition coefficient (Wildman–Crippen LogP) is 4.55. The lowest BCUT2D eigenvalue weighted by Gasteiger charge is -2.18. The molecule has 5 heteroatoms. The Balaban J connectivity index is 1.64. The molecule has 3 aromatic rings. The minimum absolute atomic E-state index is 0.0130. The quantitative estimate of drug-likeness (QED) is 0.652. The van der Waals surface area contributed by atoms with E-state index < -0.39 is 0 Å². The van der Waals surface area contributed by atoms with Crippen LogP contribution in [-0.2, 0) is 16.0 Å². The Kier molecular flexibility index (Phi) is 5.91. The molecule has 0 radical (unpaired) electrons. The molecule has 0 aliphatic rings. The monoisotopic (exact) mass is 424 g/mol. The third kappa shape index (κ3) is 4.74. The van der Waals surface area contributed by atoms with Crippen molar-refractivity contribution in [1.29, 1.82) is 0 Å². The average Bonchev–Trinajstić information content (AvgIpc) is 2.64. The van der Waals surface area contributed by atoms with Gasteiger partial charge in [-0.05, 0) is 47.0 Å². The Morgan fingerprint density at radius 2 is 1.78 bits per heavy atom. The van der Waals surface area contributed by atoms with Crippen LogP contribution in [0.15, 0.2) is 65.1 Å². The van der Waals surface area contributed by atoms with Crippen molar-refractivity contribution in [2.45, 2.75) is 13.3 Å². The summed E-state index contributed by atoms with van der Waals surface area (Å²) < 4.78 is 0.959. The van der Waals surface area contributed by atoms with Crippen LogP contribution in [0, 0.1) is 6.92 Å². The van der Waals surface area contributed by atoms with Crippen LogP contribution in [0.1, 0.15) is 11.1 Å². The van der Waals surface area contributed by atoms with Gasteiger partial charge in [0.25, 0.3) is 0 Å². The molecule has 3 aromatic carbocycles. The first-order valence-electron chi connectivity index (χ1n) is 8.70. The molecule has 0 aliphatic carbocycles. The second-order valence-corrected chi connectivity index (χ2v) is 7.49. The molecule has 0 heterocycles. The van der Waals surface area contributed by atoms with E-state index in [9.17, 15) is 9.59 Å². The van der Waals surface area contributed by atoms with Crippen LogP contribution in [-0.4, -0.2) is 30.3 Å². The van der Waals surface area contributed by atoms with E-state index in [1.54, 1.807) is 7.05 Å². The van der Waals surface area contributed by atoms with Gasteiger partial charge < -0.3 is 10.2 Å². The lowest BCUT2D eigenvalue weighted by atomic mass is 10.0. The minimum atomic E-state index is -0.214. The molecule has 0 spiro atoms. The fraction of sp³-hybridized carbons (Fsp3) is 0.182. The molecule has 0 saturated heterocycles. The van der Waals surface area contributed by atoms with Gasteiger partial charge in [0.05, 0.1) is 13.0 Å². The van der Waals surface area contributed by atoms with Crippen LogP contribution in [0.3, 0.4) is 0 Å². The highest BCUT2D eigenvalue weighted by Gasteiger charge is 2.15. The molecule has 4 nitrogen and oxygen atoms in total. The van der Waals surface area contributed by atoms with E-state index in [1.165, 1.54) is 4.90 Å². The number of halogens is 1. The third-order valence-corrected chi connectivity index (χ3v) is 4.98. The number of aryl methyl sites for hydroxylation is 1. The molecule has 0 saturated carbocycles. The maximum absolute atomic E-state index is 12.6. The van der Waals surface area contributed by atoms with Gasteiger partial charge >= 0.3 is 0 Å². The van der Waals surface area contributed by atoms with Crippen LogP contribution in [0.4, 0.5) is 5.69 Å². The molecular formula is C22H21BrN2O2. The van der Waals surface area contributed by atoms with Crippen LogP contribution in [0.5, 0.6) is 0 Å². The number of nitrogens with one attached hydrogen (secondary N) is 1. The molecule has 0 fully saturated rings. The molecule has 0 bridgehead atoms. The van der Waals surface area contributed by atoms with Gasteiger partial charge in [0.1, 0.15) is 0 Å². The lowest BCUT2D eigenvalue weighted by molar-refractivity contribution is -0.132. The lowest BCUT2D eigenvalue weighted by Crippen LogP contribution is -2.35. The summed E-state index contributed by atoms with van der Waals surface area (Å²) in [5.41, 5.74) is 2.68. The summed E-state index contributed by atoms with van der Waals surface area (Å²) in [5.74, 6) is -0.303. The number of fused-ring (bicyclic) bond motifs is 1. The molecule has 2 amide bonds. The van der Waals surface area contributed by atoms with Gasteiger partial charge in [-0.3, -0.25) is 9.59 Å². The number of anilines is 1. The summed E-state index contributed by atoms with van der Waals surface area (Å²) in [7, 11) is 1.65. The zero-order chi connectivity index (χ0) is 19.4. The molecule has 0 aliphatic heterocycles. The van der Waals surface area contributed by atoms with E-state index in [2.05, 4.69) is 21.2 Å². The van der Waals surface area contributed by atoms with Gasteiger partial charge in [-0.25, -0.2) is 0 Å². The number of amides is 2. The molecule has 3 rings (SSSR count). The Morgan fingerprint density at radius 1 is 1.04 bits per heavy atom. The number of hydrogen-bond donors (Lipinski definition) is 1. The van der Waals surface area contributed by atoms with Gasteiger partial charge in [0, 0.05) is 17.2 Å². The Labute approximate surface area is 167 Å². The highest BCUT2D eigenvalue weighted by Crippen LogP contribution is 2.21. The van der Waals surface area contributed by atoms with Crippen molar-refractivity contribution >= 4 is 44.2 Å². The average molecular weight is 425 g/mol. The van der Waals surface area contributed by atoms with Crippen molar-refractivity contribution in [2.75, 3.05) is 18.9 Å². The highest BCUT2D eigenvalue weighted by atomic mass is 79.9. The molecule has 0 unspecified atom stereocenters. The van der Waals surface area contributed by atoms with Crippen molar-refractivity contribution < 1.29 is 9.59 Å². The van der Waals surface area contributed by atoms with Gasteiger partial charge in [0.15, 0.2) is 0 Å². The van der Waals surface area contributed by atoms with Crippen LogP contribution < -0.4 is 5.32 Å². The molecule has 1 N–H and O–H groups in total. The summed E-state index contributed by atoms with van der Waals surface area (Å²) >= 11 is 3.40. The van der Waals surface area contributed by atoms with Gasteiger partial charge in [0.2, 0.25) is 11.8 Å². The van der Waals surface area contributed by atoms with Crippen LogP contribution >= 0.6 is 15.9 Å².